The number of fused-ring (bicyclic) bond motifs is 1. The van der Waals surface area contributed by atoms with Gasteiger partial charge in [-0.3, -0.25) is 4.90 Å². The Bertz CT molecular complexity index is 670. The van der Waals surface area contributed by atoms with E-state index < -0.39 is 0 Å². The van der Waals surface area contributed by atoms with Crippen molar-refractivity contribution in [3.8, 4) is 0 Å². The Balaban J connectivity index is 1.66. The molecule has 2 aliphatic rings. The molecule has 2 aromatic rings. The first-order valence-corrected chi connectivity index (χ1v) is 8.88. The van der Waals surface area contributed by atoms with Gasteiger partial charge in [-0.1, -0.05) is 30.3 Å². The van der Waals surface area contributed by atoms with Crippen LogP contribution in [0.15, 0.2) is 41.8 Å². The van der Waals surface area contributed by atoms with Crippen LogP contribution in [0.25, 0.3) is 0 Å². The number of rotatable bonds is 3. The average molecular weight is 330 g/mol. The number of thiophene rings is 1. The first kappa shape index (κ1) is 14.2. The van der Waals surface area contributed by atoms with Crippen LogP contribution in [0.5, 0.6) is 0 Å². The minimum Gasteiger partial charge on any atom is -0.469 e. The number of ether oxygens (including phenoxy) is 1. The van der Waals surface area contributed by atoms with Crippen molar-refractivity contribution >= 4 is 28.7 Å². The maximum absolute atomic E-state index is 5.44. The Labute approximate surface area is 140 Å². The zero-order chi connectivity index (χ0) is 14.9. The van der Waals surface area contributed by atoms with E-state index in [2.05, 4.69) is 51.6 Å². The van der Waals surface area contributed by atoms with Crippen LogP contribution >= 0.6 is 23.6 Å². The van der Waals surface area contributed by atoms with Crippen molar-refractivity contribution in [2.24, 2.45) is 0 Å². The summed E-state index contributed by atoms with van der Waals surface area (Å²) in [5.41, 5.74) is 2.81. The number of benzene rings is 1. The predicted molar refractivity (Wildman–Crippen MR) is 93.1 cm³/mol. The topological polar surface area (TPSA) is 15.7 Å². The summed E-state index contributed by atoms with van der Waals surface area (Å²) in [5.74, 6) is 0. The molecule has 1 aromatic heterocycles. The lowest BCUT2D eigenvalue weighted by atomic mass is 9.94. The van der Waals surface area contributed by atoms with Gasteiger partial charge in [0.2, 0.25) is 0 Å². The summed E-state index contributed by atoms with van der Waals surface area (Å²) in [6, 6.07) is 13.4. The smallest absolute Gasteiger partial charge is 0.260 e. The van der Waals surface area contributed by atoms with E-state index in [0.29, 0.717) is 17.8 Å². The lowest BCUT2D eigenvalue weighted by Crippen LogP contribution is -2.43. The third-order valence-electron chi connectivity index (χ3n) is 4.38. The zero-order valence-electron chi connectivity index (χ0n) is 12.3. The van der Waals surface area contributed by atoms with Gasteiger partial charge >= 0.3 is 0 Å². The molecule has 0 aliphatic carbocycles. The Morgan fingerprint density at radius 2 is 2.05 bits per heavy atom. The molecule has 3 heterocycles. The highest BCUT2D eigenvalue weighted by Crippen LogP contribution is 2.37. The van der Waals surface area contributed by atoms with Gasteiger partial charge in [0.15, 0.2) is 0 Å². The van der Waals surface area contributed by atoms with E-state index in [1.165, 1.54) is 16.0 Å². The number of thiocarbonyl (C=S) groups is 1. The minimum atomic E-state index is 0.319. The van der Waals surface area contributed by atoms with Gasteiger partial charge in [0.25, 0.3) is 5.17 Å². The van der Waals surface area contributed by atoms with Crippen LogP contribution in [-0.4, -0.2) is 41.3 Å². The van der Waals surface area contributed by atoms with Crippen LogP contribution < -0.4 is 0 Å². The summed E-state index contributed by atoms with van der Waals surface area (Å²) in [7, 11) is 0. The molecule has 2 aliphatic heterocycles. The van der Waals surface area contributed by atoms with Gasteiger partial charge in [-0.05, 0) is 41.2 Å². The summed E-state index contributed by atoms with van der Waals surface area (Å²) >= 11 is 7.18. The van der Waals surface area contributed by atoms with Gasteiger partial charge in [-0.25, -0.2) is 0 Å². The molecule has 4 rings (SSSR count). The molecule has 1 atom stereocenters. The first-order chi connectivity index (χ1) is 10.8. The van der Waals surface area contributed by atoms with Gasteiger partial charge in [-0.15, -0.1) is 11.3 Å². The second-order valence-electron chi connectivity index (χ2n) is 5.69. The number of hydrogen-bond acceptors (Lipinski definition) is 4. The Morgan fingerprint density at radius 3 is 2.82 bits per heavy atom. The van der Waals surface area contributed by atoms with Crippen molar-refractivity contribution in [2.45, 2.75) is 12.5 Å². The van der Waals surface area contributed by atoms with E-state index in [1.54, 1.807) is 0 Å². The molecule has 0 bridgehead atoms. The molecule has 0 spiro atoms. The molecule has 3 nitrogen and oxygen atoms in total. The molecule has 0 N–H and O–H groups in total. The van der Waals surface area contributed by atoms with E-state index in [0.717, 1.165) is 26.2 Å². The quantitative estimate of drug-likeness (QED) is 0.802. The predicted octanol–water partition coefficient (Wildman–Crippen LogP) is 3.27. The lowest BCUT2D eigenvalue weighted by molar-refractivity contribution is 0.152. The maximum Gasteiger partial charge on any atom is 0.260 e. The summed E-state index contributed by atoms with van der Waals surface area (Å²) in [4.78, 5) is 6.21. The van der Waals surface area contributed by atoms with Crippen LogP contribution in [0.3, 0.4) is 0 Å². The molecule has 114 valence electrons. The Kier molecular flexibility index (Phi) is 3.86. The van der Waals surface area contributed by atoms with Gasteiger partial charge in [0, 0.05) is 11.4 Å². The second kappa shape index (κ2) is 5.99. The van der Waals surface area contributed by atoms with Gasteiger partial charge in [0.1, 0.15) is 6.61 Å². The van der Waals surface area contributed by atoms with Crippen molar-refractivity contribution in [3.63, 3.8) is 0 Å². The second-order valence-corrected chi connectivity index (χ2v) is 7.04. The highest BCUT2D eigenvalue weighted by Gasteiger charge is 2.32. The largest absolute Gasteiger partial charge is 0.469 e. The molecular formula is C17H18N2OS2. The molecule has 0 saturated carbocycles. The monoisotopic (exact) mass is 330 g/mol. The third-order valence-corrected chi connectivity index (χ3v) is 5.75. The highest BCUT2D eigenvalue weighted by molar-refractivity contribution is 7.80. The van der Waals surface area contributed by atoms with E-state index in [9.17, 15) is 0 Å². The lowest BCUT2D eigenvalue weighted by Gasteiger charge is -2.38. The van der Waals surface area contributed by atoms with Crippen LogP contribution in [0.2, 0.25) is 0 Å². The average Bonchev–Trinajstić information content (AvgIpc) is 3.17. The van der Waals surface area contributed by atoms with Crippen LogP contribution in [-0.2, 0) is 11.2 Å². The molecule has 0 amide bonds. The SMILES string of the molecule is S=C1OCCN1CN1CCc2sccc2C1c1ccccc1. The maximum atomic E-state index is 5.44. The van der Waals surface area contributed by atoms with Gasteiger partial charge in [-0.2, -0.15) is 0 Å². The van der Waals surface area contributed by atoms with Crippen molar-refractivity contribution in [1.82, 2.24) is 9.80 Å². The third kappa shape index (κ3) is 2.53. The first-order valence-electron chi connectivity index (χ1n) is 7.60. The fraction of sp³-hybridized carbons (Fsp3) is 0.353. The Hall–Kier alpha value is -1.43. The van der Waals surface area contributed by atoms with Crippen molar-refractivity contribution in [2.75, 3.05) is 26.4 Å². The summed E-state index contributed by atoms with van der Waals surface area (Å²) in [6.07, 6.45) is 1.12. The van der Waals surface area contributed by atoms with Crippen LogP contribution in [0.1, 0.15) is 22.0 Å². The summed E-state index contributed by atoms with van der Waals surface area (Å²) in [5, 5.41) is 2.86. The van der Waals surface area contributed by atoms with E-state index >= 15 is 0 Å². The molecule has 1 aromatic carbocycles. The van der Waals surface area contributed by atoms with E-state index in [4.69, 9.17) is 17.0 Å². The van der Waals surface area contributed by atoms with Crippen molar-refractivity contribution in [1.29, 1.82) is 0 Å². The van der Waals surface area contributed by atoms with Gasteiger partial charge < -0.3 is 9.64 Å². The minimum absolute atomic E-state index is 0.319. The fourth-order valence-electron chi connectivity index (χ4n) is 3.32. The molecular weight excluding hydrogens is 312 g/mol. The number of nitrogens with zero attached hydrogens (tertiary/aromatic N) is 2. The molecule has 0 radical (unpaired) electrons. The van der Waals surface area contributed by atoms with Gasteiger partial charge in [0.05, 0.1) is 19.3 Å². The van der Waals surface area contributed by atoms with E-state index in [-0.39, 0.29) is 0 Å². The Morgan fingerprint density at radius 1 is 1.18 bits per heavy atom. The molecule has 1 unspecified atom stereocenters. The van der Waals surface area contributed by atoms with E-state index in [1.807, 2.05) is 11.3 Å². The highest BCUT2D eigenvalue weighted by atomic mass is 32.1. The summed E-state index contributed by atoms with van der Waals surface area (Å²) < 4.78 is 5.44. The number of hydrogen-bond donors (Lipinski definition) is 0. The molecule has 22 heavy (non-hydrogen) atoms. The van der Waals surface area contributed by atoms with Crippen molar-refractivity contribution < 1.29 is 4.74 Å². The molecule has 1 saturated heterocycles. The van der Waals surface area contributed by atoms with Crippen LogP contribution in [0, 0.1) is 0 Å². The summed E-state index contributed by atoms with van der Waals surface area (Å²) in [6.45, 7) is 3.51. The fourth-order valence-corrected chi connectivity index (χ4v) is 4.46. The molecule has 1 fully saturated rings. The standard InChI is InChI=1S/C17H18N2OS2/c21-17-19(9-10-20-17)12-18-8-6-15-14(7-11-22-15)16(18)13-4-2-1-3-5-13/h1-5,7,11,16H,6,8-10,12H2. The van der Waals surface area contributed by atoms with Crippen LogP contribution in [0.4, 0.5) is 0 Å². The van der Waals surface area contributed by atoms with Crippen molar-refractivity contribution in [3.05, 3.63) is 57.8 Å². The molecule has 5 heteroatoms. The normalized spacial score (nSPS) is 21.7. The zero-order valence-corrected chi connectivity index (χ0v) is 13.9.